The van der Waals surface area contributed by atoms with Gasteiger partial charge in [0.1, 0.15) is 6.33 Å². The van der Waals surface area contributed by atoms with Crippen molar-refractivity contribution in [3.05, 3.63) is 108 Å². The van der Waals surface area contributed by atoms with E-state index in [1.165, 1.54) is 5.69 Å². The molecule has 0 N–H and O–H groups in total. The van der Waals surface area contributed by atoms with Gasteiger partial charge in [-0.15, -0.1) is 0 Å². The average Bonchev–Trinajstić information content (AvgIpc) is 3.06. The lowest BCUT2D eigenvalue weighted by atomic mass is 10.0. The van der Waals surface area contributed by atoms with E-state index in [9.17, 15) is 0 Å². The number of aromatic nitrogens is 5. The van der Waals surface area contributed by atoms with Crippen molar-refractivity contribution in [2.45, 2.75) is 25.4 Å². The zero-order chi connectivity index (χ0) is 20.2. The van der Waals surface area contributed by atoms with Crippen LogP contribution in [0.3, 0.4) is 0 Å². The van der Waals surface area contributed by atoms with Crippen LogP contribution < -0.4 is 4.74 Å². The number of pyridine rings is 3. The highest BCUT2D eigenvalue weighted by Crippen LogP contribution is 2.32. The second kappa shape index (κ2) is 8.29. The van der Waals surface area contributed by atoms with E-state index in [1.807, 2.05) is 55.1 Å². The predicted molar refractivity (Wildman–Crippen MR) is 113 cm³/mol. The van der Waals surface area contributed by atoms with Gasteiger partial charge in [-0.2, -0.15) is 0 Å². The maximum atomic E-state index is 6.56. The number of ether oxygens (including phenoxy) is 1. The van der Waals surface area contributed by atoms with Gasteiger partial charge in [0.05, 0.1) is 5.69 Å². The molecule has 0 saturated carbocycles. The monoisotopic (exact) mass is 395 g/mol. The van der Waals surface area contributed by atoms with E-state index in [-0.39, 0.29) is 6.10 Å². The zero-order valence-corrected chi connectivity index (χ0v) is 16.4. The smallest absolute Gasteiger partial charge is 0.181 e. The van der Waals surface area contributed by atoms with Gasteiger partial charge < -0.3 is 4.74 Å². The maximum absolute atomic E-state index is 6.56. The van der Waals surface area contributed by atoms with Crippen molar-refractivity contribution < 1.29 is 4.74 Å². The number of hydrogen-bond acceptors (Lipinski definition) is 5. The lowest BCUT2D eigenvalue weighted by molar-refractivity contribution is 0.244. The molecule has 0 fully saturated rings. The molecular formula is C24H21N5O. The van der Waals surface area contributed by atoms with Crippen molar-refractivity contribution >= 4 is 0 Å². The Balaban J connectivity index is 1.56. The van der Waals surface area contributed by atoms with Crippen LogP contribution in [-0.4, -0.2) is 24.5 Å². The highest BCUT2D eigenvalue weighted by atomic mass is 16.5. The van der Waals surface area contributed by atoms with E-state index in [2.05, 4.69) is 36.7 Å². The summed E-state index contributed by atoms with van der Waals surface area (Å²) < 4.78 is 8.61. The van der Waals surface area contributed by atoms with Gasteiger partial charge in [0.15, 0.2) is 17.7 Å². The third-order valence-corrected chi connectivity index (χ3v) is 5.18. The Morgan fingerprint density at radius 3 is 2.37 bits per heavy atom. The number of fused-ring (bicyclic) bond motifs is 1. The summed E-state index contributed by atoms with van der Waals surface area (Å²) in [4.78, 5) is 17.8. The van der Waals surface area contributed by atoms with E-state index in [4.69, 9.17) is 4.74 Å². The molecule has 1 aliphatic rings. The van der Waals surface area contributed by atoms with E-state index >= 15 is 0 Å². The Kier molecular flexibility index (Phi) is 5.04. The minimum absolute atomic E-state index is 0.348. The lowest BCUT2D eigenvalue weighted by Crippen LogP contribution is -2.13. The summed E-state index contributed by atoms with van der Waals surface area (Å²) in [6, 6.07) is 11.7. The highest BCUT2D eigenvalue weighted by molar-refractivity contribution is 5.44. The molecule has 4 aromatic heterocycles. The third kappa shape index (κ3) is 3.59. The quantitative estimate of drug-likeness (QED) is 0.472. The molecule has 6 heteroatoms. The normalized spacial score (nSPS) is 13.1. The molecule has 0 unspecified atom stereocenters. The van der Waals surface area contributed by atoms with E-state index in [1.54, 1.807) is 18.6 Å². The summed E-state index contributed by atoms with van der Waals surface area (Å²) >= 11 is 0. The molecule has 6 nitrogen and oxygen atoms in total. The third-order valence-electron chi connectivity index (χ3n) is 5.18. The van der Waals surface area contributed by atoms with Crippen molar-refractivity contribution in [2.24, 2.45) is 0 Å². The van der Waals surface area contributed by atoms with Crippen LogP contribution in [0, 0.1) is 0 Å². The number of allylic oxidation sites excluding steroid dienone is 2. The van der Waals surface area contributed by atoms with Crippen LogP contribution in [-0.2, 0) is 12.8 Å². The molecule has 4 aromatic rings. The SMILES string of the molecule is C1=CCc2ncn(-c3ncccc3OC(c3cccnc3)c3cccnc3)c2CC1. The van der Waals surface area contributed by atoms with Gasteiger partial charge in [-0.25, -0.2) is 9.97 Å². The van der Waals surface area contributed by atoms with E-state index in [0.717, 1.165) is 41.9 Å². The standard InChI is InChI=1S/C24H21N5O/c1-2-9-20-21(10-3-1)29(17-28-20)24-22(11-6-14-27-24)30-23(18-7-4-12-25-15-18)19-8-5-13-26-16-19/h1-2,4-8,11-17,23H,3,9-10H2. The molecule has 0 aliphatic heterocycles. The number of nitrogens with zero attached hydrogens (tertiary/aromatic N) is 5. The Bertz CT molecular complexity index is 1120. The molecule has 0 spiro atoms. The molecule has 0 amide bonds. The number of imidazole rings is 1. The average molecular weight is 395 g/mol. The van der Waals surface area contributed by atoms with Crippen LogP contribution in [0.4, 0.5) is 0 Å². The first-order valence-corrected chi connectivity index (χ1v) is 10.0. The van der Waals surface area contributed by atoms with Gasteiger partial charge in [-0.3, -0.25) is 14.5 Å². The lowest BCUT2D eigenvalue weighted by Gasteiger charge is -2.21. The van der Waals surface area contributed by atoms with Crippen molar-refractivity contribution in [2.75, 3.05) is 0 Å². The largest absolute Gasteiger partial charge is 0.477 e. The van der Waals surface area contributed by atoms with Crippen molar-refractivity contribution in [3.8, 4) is 11.6 Å². The summed E-state index contributed by atoms with van der Waals surface area (Å²) in [5.41, 5.74) is 4.18. The molecule has 5 rings (SSSR count). The second-order valence-electron chi connectivity index (χ2n) is 7.12. The summed E-state index contributed by atoms with van der Waals surface area (Å²) in [7, 11) is 0. The highest BCUT2D eigenvalue weighted by Gasteiger charge is 2.21. The second-order valence-corrected chi connectivity index (χ2v) is 7.12. The molecule has 0 saturated heterocycles. The molecule has 148 valence electrons. The van der Waals surface area contributed by atoms with Crippen LogP contribution in [0.1, 0.15) is 35.0 Å². The number of hydrogen-bond donors (Lipinski definition) is 0. The van der Waals surface area contributed by atoms with E-state index in [0.29, 0.717) is 5.75 Å². The van der Waals surface area contributed by atoms with Gasteiger partial charge in [0.2, 0.25) is 0 Å². The Hall–Kier alpha value is -3.80. The van der Waals surface area contributed by atoms with Gasteiger partial charge in [0, 0.05) is 54.2 Å². The summed E-state index contributed by atoms with van der Waals surface area (Å²) in [5.74, 6) is 1.43. The molecule has 0 atom stereocenters. The van der Waals surface area contributed by atoms with Crippen molar-refractivity contribution in [1.82, 2.24) is 24.5 Å². The van der Waals surface area contributed by atoms with Crippen LogP contribution in [0.15, 0.2) is 85.9 Å². The van der Waals surface area contributed by atoms with Gasteiger partial charge in [-0.05, 0) is 37.1 Å². The van der Waals surface area contributed by atoms with Crippen LogP contribution in [0.2, 0.25) is 0 Å². The molecule has 0 aromatic carbocycles. The van der Waals surface area contributed by atoms with Crippen LogP contribution >= 0.6 is 0 Å². The van der Waals surface area contributed by atoms with Crippen molar-refractivity contribution in [1.29, 1.82) is 0 Å². The number of rotatable bonds is 5. The molecule has 4 heterocycles. The van der Waals surface area contributed by atoms with Crippen LogP contribution in [0.25, 0.3) is 5.82 Å². The molecular weight excluding hydrogens is 374 g/mol. The molecule has 1 aliphatic carbocycles. The summed E-state index contributed by atoms with van der Waals surface area (Å²) in [6.45, 7) is 0. The first-order chi connectivity index (χ1) is 14.9. The Morgan fingerprint density at radius 1 is 0.867 bits per heavy atom. The maximum Gasteiger partial charge on any atom is 0.181 e. The zero-order valence-electron chi connectivity index (χ0n) is 16.4. The van der Waals surface area contributed by atoms with E-state index < -0.39 is 0 Å². The minimum Gasteiger partial charge on any atom is -0.477 e. The minimum atomic E-state index is -0.348. The Labute approximate surface area is 175 Å². The fourth-order valence-corrected chi connectivity index (χ4v) is 3.73. The summed E-state index contributed by atoms with van der Waals surface area (Å²) in [5, 5.41) is 0. The first kappa shape index (κ1) is 18.2. The topological polar surface area (TPSA) is 65.7 Å². The fraction of sp³-hybridized carbons (Fsp3) is 0.167. The van der Waals surface area contributed by atoms with Gasteiger partial charge in [0.25, 0.3) is 0 Å². The predicted octanol–water partition coefficient (Wildman–Crippen LogP) is 4.27. The molecule has 0 bridgehead atoms. The first-order valence-electron chi connectivity index (χ1n) is 10.0. The Morgan fingerprint density at radius 2 is 1.63 bits per heavy atom. The van der Waals surface area contributed by atoms with Crippen molar-refractivity contribution in [3.63, 3.8) is 0 Å². The molecule has 30 heavy (non-hydrogen) atoms. The van der Waals surface area contributed by atoms with Crippen LogP contribution in [0.5, 0.6) is 5.75 Å². The van der Waals surface area contributed by atoms with Gasteiger partial charge in [-0.1, -0.05) is 24.3 Å². The van der Waals surface area contributed by atoms with Gasteiger partial charge >= 0.3 is 0 Å². The summed E-state index contributed by atoms with van der Waals surface area (Å²) in [6.07, 6.45) is 17.6. The molecule has 0 radical (unpaired) electrons. The fourth-order valence-electron chi connectivity index (χ4n) is 3.73.